The fourth-order valence-electron chi connectivity index (χ4n) is 3.14. The van der Waals surface area contributed by atoms with Crippen LogP contribution in [0.5, 0.6) is 0 Å². The van der Waals surface area contributed by atoms with Crippen LogP contribution >= 0.6 is 0 Å². The zero-order valence-electron chi connectivity index (χ0n) is 19.5. The van der Waals surface area contributed by atoms with Crippen molar-refractivity contribution in [2.24, 2.45) is 0 Å². The van der Waals surface area contributed by atoms with Gasteiger partial charge in [0, 0.05) is 5.97 Å². The summed E-state index contributed by atoms with van der Waals surface area (Å²) in [5, 5.41) is 10.2. The van der Waals surface area contributed by atoms with E-state index in [2.05, 4.69) is 20.8 Å². The fourth-order valence-corrected chi connectivity index (χ4v) is 3.14. The maximum atomic E-state index is 10.2. The quantitative estimate of drug-likeness (QED) is 0.238. The van der Waals surface area contributed by atoms with Crippen molar-refractivity contribution in [3.63, 3.8) is 0 Å². The van der Waals surface area contributed by atoms with Gasteiger partial charge in [-0.2, -0.15) is 0 Å². The molecule has 0 spiro atoms. The van der Waals surface area contributed by atoms with Gasteiger partial charge in [0.1, 0.15) is 0 Å². The van der Waals surface area contributed by atoms with E-state index in [0.29, 0.717) is 0 Å². The minimum absolute atomic E-state index is 0. The van der Waals surface area contributed by atoms with E-state index in [4.69, 9.17) is 0 Å². The Bertz CT molecular complexity index is 253. The summed E-state index contributed by atoms with van der Waals surface area (Å²) in [6, 6.07) is 0. The molecule has 0 unspecified atom stereocenters. The van der Waals surface area contributed by atoms with E-state index < -0.39 is 5.97 Å². The summed E-state index contributed by atoms with van der Waals surface area (Å²) in [4.78, 5) is 10.2. The van der Waals surface area contributed by atoms with Crippen LogP contribution in [0.1, 0.15) is 149 Å². The van der Waals surface area contributed by atoms with Crippen molar-refractivity contribution in [1.82, 2.24) is 0 Å². The summed E-state index contributed by atoms with van der Waals surface area (Å²) in [5.41, 5.74) is 0. The van der Waals surface area contributed by atoms with Gasteiger partial charge in [-0.3, -0.25) is 0 Å². The van der Waals surface area contributed by atoms with Crippen molar-refractivity contribution < 1.29 is 39.5 Å². The molecule has 27 heavy (non-hydrogen) atoms. The molecule has 0 rings (SSSR count). The Morgan fingerprint density at radius 1 is 0.481 bits per heavy atom. The molecule has 158 valence electrons. The zero-order chi connectivity index (χ0) is 19.7. The Hall–Kier alpha value is 0.470. The largest absolute Gasteiger partial charge is 1.00 e. The summed E-state index contributed by atoms with van der Waals surface area (Å²) in [6.07, 6.45) is 25.4. The smallest absolute Gasteiger partial charge is 0.550 e. The Labute approximate surface area is 194 Å². The van der Waals surface area contributed by atoms with Crippen molar-refractivity contribution in [3.05, 3.63) is 0 Å². The van der Waals surface area contributed by atoms with Crippen LogP contribution in [-0.4, -0.2) is 5.97 Å². The Kier molecular flexibility index (Phi) is 37.1. The Morgan fingerprint density at radius 3 is 0.963 bits per heavy atom. The van der Waals surface area contributed by atoms with Gasteiger partial charge in [0.05, 0.1) is 0 Å². The van der Waals surface area contributed by atoms with Gasteiger partial charge in [-0.15, -0.1) is 0 Å². The van der Waals surface area contributed by atoms with Crippen molar-refractivity contribution in [2.75, 3.05) is 0 Å². The number of hydrogen-bond acceptors (Lipinski definition) is 2. The fraction of sp³-hybridized carbons (Fsp3) is 0.958. The molecule has 0 amide bonds. The minimum Gasteiger partial charge on any atom is -0.550 e. The number of rotatable bonds is 19. The molecule has 0 saturated carbocycles. The van der Waals surface area contributed by atoms with Gasteiger partial charge in [0.2, 0.25) is 0 Å². The first-order valence-corrected chi connectivity index (χ1v) is 11.9. The van der Waals surface area contributed by atoms with Crippen LogP contribution < -0.4 is 34.7 Å². The van der Waals surface area contributed by atoms with Gasteiger partial charge in [0.15, 0.2) is 0 Å². The number of carbonyl (C=O) groups is 1. The third-order valence-electron chi connectivity index (χ3n) is 4.94. The van der Waals surface area contributed by atoms with Gasteiger partial charge in [0.25, 0.3) is 0 Å². The van der Waals surface area contributed by atoms with E-state index in [-0.39, 0.29) is 36.0 Å². The standard InChI is InChI=1S/C18H36O2.C6H14.Na/c1-2-3-4-5-6-7-8-9-10-11-12-13-14-15-16-17-18(19)20;1-3-5-6-4-2;/h2-17H2,1H3,(H,19,20);3-6H2,1-2H3;/q;;+1/p-1. The SMILES string of the molecule is CCCCCC.CCCCCCCCCCCCCCCCCC(=O)[O-].[Na+]. The van der Waals surface area contributed by atoms with Crippen LogP contribution in [0.25, 0.3) is 0 Å². The minimum atomic E-state index is -0.903. The molecule has 0 aromatic rings. The second kappa shape index (κ2) is 31.2. The predicted octanol–water partition coefficient (Wildman–Crippen LogP) is 4.59. The second-order valence-electron chi connectivity index (χ2n) is 7.78. The number of carboxylic acids is 1. The van der Waals surface area contributed by atoms with E-state index in [1.165, 1.54) is 109 Å². The number of aliphatic carboxylic acids is 1. The molecule has 0 N–H and O–H groups in total. The van der Waals surface area contributed by atoms with Crippen LogP contribution in [0, 0.1) is 0 Å². The van der Waals surface area contributed by atoms with Crippen LogP contribution in [0.2, 0.25) is 0 Å². The average Bonchev–Trinajstić information content (AvgIpc) is 2.63. The topological polar surface area (TPSA) is 40.1 Å². The molecule has 0 aromatic carbocycles. The first-order chi connectivity index (χ1) is 12.7. The van der Waals surface area contributed by atoms with Gasteiger partial charge in [-0.1, -0.05) is 136 Å². The molecule has 3 heteroatoms. The number of carbonyl (C=O) groups excluding carboxylic acids is 1. The number of unbranched alkanes of at least 4 members (excludes halogenated alkanes) is 17. The molecule has 0 bridgehead atoms. The van der Waals surface area contributed by atoms with Crippen LogP contribution in [0.3, 0.4) is 0 Å². The monoisotopic (exact) mass is 392 g/mol. The predicted molar refractivity (Wildman–Crippen MR) is 114 cm³/mol. The van der Waals surface area contributed by atoms with Gasteiger partial charge in [-0.05, 0) is 12.8 Å². The summed E-state index contributed by atoms with van der Waals surface area (Å²) in [6.45, 7) is 6.73. The Balaban J connectivity index is -0.000000709. The zero-order valence-corrected chi connectivity index (χ0v) is 21.5. The molecular formula is C24H49NaO2. The molecular weight excluding hydrogens is 343 g/mol. The van der Waals surface area contributed by atoms with Crippen LogP contribution in [-0.2, 0) is 4.79 Å². The summed E-state index contributed by atoms with van der Waals surface area (Å²) in [7, 11) is 0. The summed E-state index contributed by atoms with van der Waals surface area (Å²) in [5.74, 6) is -0.903. The number of carboxylic acid groups (broad SMARTS) is 1. The maximum absolute atomic E-state index is 10.2. The third kappa shape index (κ3) is 37.8. The van der Waals surface area contributed by atoms with Gasteiger partial charge >= 0.3 is 29.6 Å². The van der Waals surface area contributed by atoms with Crippen LogP contribution in [0.4, 0.5) is 0 Å². The van der Waals surface area contributed by atoms with Crippen molar-refractivity contribution in [2.45, 2.75) is 149 Å². The van der Waals surface area contributed by atoms with Crippen molar-refractivity contribution in [3.8, 4) is 0 Å². The molecule has 0 fully saturated rings. The molecule has 2 nitrogen and oxygen atoms in total. The molecule has 0 atom stereocenters. The molecule has 0 aliphatic heterocycles. The summed E-state index contributed by atoms with van der Waals surface area (Å²) >= 11 is 0. The van der Waals surface area contributed by atoms with E-state index in [9.17, 15) is 9.90 Å². The molecule has 0 heterocycles. The van der Waals surface area contributed by atoms with E-state index >= 15 is 0 Å². The van der Waals surface area contributed by atoms with Gasteiger partial charge < -0.3 is 9.90 Å². The molecule has 0 saturated heterocycles. The first kappa shape index (κ1) is 32.1. The van der Waals surface area contributed by atoms with E-state index in [0.717, 1.165) is 12.8 Å². The normalized spacial score (nSPS) is 10.0. The number of hydrogen-bond donors (Lipinski definition) is 0. The molecule has 0 aliphatic rings. The van der Waals surface area contributed by atoms with E-state index in [1.807, 2.05) is 0 Å². The van der Waals surface area contributed by atoms with Crippen molar-refractivity contribution in [1.29, 1.82) is 0 Å². The summed E-state index contributed by atoms with van der Waals surface area (Å²) < 4.78 is 0. The molecule has 0 aromatic heterocycles. The molecule has 0 aliphatic carbocycles. The maximum Gasteiger partial charge on any atom is 1.00 e. The first-order valence-electron chi connectivity index (χ1n) is 11.9. The third-order valence-corrected chi connectivity index (χ3v) is 4.94. The average molecular weight is 393 g/mol. The van der Waals surface area contributed by atoms with Gasteiger partial charge in [-0.25, -0.2) is 0 Å². The van der Waals surface area contributed by atoms with E-state index in [1.54, 1.807) is 0 Å². The second-order valence-corrected chi connectivity index (χ2v) is 7.78. The van der Waals surface area contributed by atoms with Crippen LogP contribution in [0.15, 0.2) is 0 Å². The molecule has 0 radical (unpaired) electrons. The van der Waals surface area contributed by atoms with Crippen molar-refractivity contribution >= 4 is 5.97 Å². The Morgan fingerprint density at radius 2 is 0.704 bits per heavy atom.